The number of hydrogen-bond acceptors (Lipinski definition) is 3. The fourth-order valence-corrected chi connectivity index (χ4v) is 3.11. The van der Waals surface area contributed by atoms with E-state index in [-0.39, 0.29) is 5.78 Å². The summed E-state index contributed by atoms with van der Waals surface area (Å²) < 4.78 is 5.42. The molecule has 0 atom stereocenters. The third-order valence-corrected chi connectivity index (χ3v) is 4.45. The first kappa shape index (κ1) is 16.0. The average molecular weight is 289 g/mol. The zero-order valence-corrected chi connectivity index (χ0v) is 13.7. The summed E-state index contributed by atoms with van der Waals surface area (Å²) in [6.45, 7) is 9.44. The lowest BCUT2D eigenvalue weighted by atomic mass is 9.98. The molecule has 0 saturated carbocycles. The van der Waals surface area contributed by atoms with Crippen molar-refractivity contribution in [3.8, 4) is 5.75 Å². The highest BCUT2D eigenvalue weighted by Crippen LogP contribution is 2.26. The smallest absolute Gasteiger partial charge is 0.167 e. The molecule has 1 aromatic carbocycles. The highest BCUT2D eigenvalue weighted by atomic mass is 16.5. The number of methoxy groups -OCH3 is 1. The molecule has 0 amide bonds. The standard InChI is InChI=1S/C18H27NO2/c1-13-5-8-19(9-6-13)10-7-17(20)16-12-14(2)11-15(3)18(16)21-4/h11-13H,5-10H2,1-4H3. The van der Waals surface area contributed by atoms with Crippen molar-refractivity contribution in [1.82, 2.24) is 4.90 Å². The number of ether oxygens (including phenoxy) is 1. The van der Waals surface area contributed by atoms with Gasteiger partial charge in [-0.05, 0) is 62.9 Å². The van der Waals surface area contributed by atoms with Gasteiger partial charge in [-0.2, -0.15) is 0 Å². The van der Waals surface area contributed by atoms with E-state index in [9.17, 15) is 4.79 Å². The Morgan fingerprint density at radius 1 is 1.29 bits per heavy atom. The Morgan fingerprint density at radius 2 is 1.95 bits per heavy atom. The highest BCUT2D eigenvalue weighted by Gasteiger charge is 2.19. The third kappa shape index (κ3) is 4.07. The molecule has 0 aliphatic carbocycles. The summed E-state index contributed by atoms with van der Waals surface area (Å²) in [6, 6.07) is 4.01. The van der Waals surface area contributed by atoms with E-state index in [0.717, 1.165) is 48.0 Å². The van der Waals surface area contributed by atoms with Crippen LogP contribution in [-0.2, 0) is 0 Å². The average Bonchev–Trinajstić information content (AvgIpc) is 2.45. The Kier molecular flexibility index (Phi) is 5.40. The van der Waals surface area contributed by atoms with Crippen molar-refractivity contribution in [3.05, 3.63) is 28.8 Å². The summed E-state index contributed by atoms with van der Waals surface area (Å²) in [6.07, 6.45) is 3.08. The van der Waals surface area contributed by atoms with Gasteiger partial charge in [-0.25, -0.2) is 0 Å². The largest absolute Gasteiger partial charge is 0.496 e. The fourth-order valence-electron chi connectivity index (χ4n) is 3.11. The topological polar surface area (TPSA) is 29.5 Å². The zero-order valence-electron chi connectivity index (χ0n) is 13.7. The van der Waals surface area contributed by atoms with E-state index < -0.39 is 0 Å². The van der Waals surface area contributed by atoms with Gasteiger partial charge in [0.1, 0.15) is 5.75 Å². The maximum Gasteiger partial charge on any atom is 0.167 e. The molecule has 0 aromatic heterocycles. The second-order valence-corrected chi connectivity index (χ2v) is 6.36. The quantitative estimate of drug-likeness (QED) is 0.775. The Balaban J connectivity index is 2.00. The van der Waals surface area contributed by atoms with Crippen LogP contribution in [0.4, 0.5) is 0 Å². The van der Waals surface area contributed by atoms with Crippen molar-refractivity contribution in [3.63, 3.8) is 0 Å². The van der Waals surface area contributed by atoms with Crippen molar-refractivity contribution < 1.29 is 9.53 Å². The van der Waals surface area contributed by atoms with Crippen molar-refractivity contribution in [2.75, 3.05) is 26.7 Å². The minimum atomic E-state index is 0.192. The van der Waals surface area contributed by atoms with Crippen LogP contribution in [0.25, 0.3) is 0 Å². The maximum absolute atomic E-state index is 12.5. The molecule has 0 radical (unpaired) electrons. The van der Waals surface area contributed by atoms with Gasteiger partial charge in [0.05, 0.1) is 12.7 Å². The van der Waals surface area contributed by atoms with E-state index >= 15 is 0 Å². The SMILES string of the molecule is COc1c(C)cc(C)cc1C(=O)CCN1CCC(C)CC1. The number of Topliss-reactive ketones (excluding diaryl/α,β-unsaturated/α-hetero) is 1. The molecule has 0 spiro atoms. The minimum absolute atomic E-state index is 0.192. The van der Waals surface area contributed by atoms with Gasteiger partial charge in [0.25, 0.3) is 0 Å². The van der Waals surface area contributed by atoms with Crippen molar-refractivity contribution >= 4 is 5.78 Å². The minimum Gasteiger partial charge on any atom is -0.496 e. The number of hydrogen-bond donors (Lipinski definition) is 0. The van der Waals surface area contributed by atoms with Crippen LogP contribution in [0.2, 0.25) is 0 Å². The second-order valence-electron chi connectivity index (χ2n) is 6.36. The van der Waals surface area contributed by atoms with Gasteiger partial charge in [-0.3, -0.25) is 4.79 Å². The van der Waals surface area contributed by atoms with Gasteiger partial charge in [0, 0.05) is 13.0 Å². The molecular weight excluding hydrogens is 262 g/mol. The van der Waals surface area contributed by atoms with Crippen LogP contribution in [0.3, 0.4) is 0 Å². The summed E-state index contributed by atoms with van der Waals surface area (Å²) in [4.78, 5) is 14.9. The Labute approximate surface area is 128 Å². The number of piperidine rings is 1. The highest BCUT2D eigenvalue weighted by molar-refractivity contribution is 5.99. The molecule has 21 heavy (non-hydrogen) atoms. The van der Waals surface area contributed by atoms with Crippen LogP contribution in [0.5, 0.6) is 5.75 Å². The van der Waals surface area contributed by atoms with Gasteiger partial charge in [0.2, 0.25) is 0 Å². The summed E-state index contributed by atoms with van der Waals surface area (Å²) in [5.74, 6) is 1.76. The summed E-state index contributed by atoms with van der Waals surface area (Å²) in [5.41, 5.74) is 2.89. The van der Waals surface area contributed by atoms with Crippen LogP contribution in [0.1, 0.15) is 47.7 Å². The van der Waals surface area contributed by atoms with E-state index in [0.29, 0.717) is 6.42 Å². The molecule has 1 saturated heterocycles. The van der Waals surface area contributed by atoms with E-state index in [2.05, 4.69) is 17.9 Å². The monoisotopic (exact) mass is 289 g/mol. The Hall–Kier alpha value is -1.35. The number of likely N-dealkylation sites (tertiary alicyclic amines) is 1. The molecule has 3 heteroatoms. The van der Waals surface area contributed by atoms with Crippen LogP contribution in [0.15, 0.2) is 12.1 Å². The molecule has 3 nitrogen and oxygen atoms in total. The van der Waals surface area contributed by atoms with E-state index in [1.807, 2.05) is 19.9 Å². The second kappa shape index (κ2) is 7.08. The van der Waals surface area contributed by atoms with Crippen LogP contribution >= 0.6 is 0 Å². The summed E-state index contributed by atoms with van der Waals surface area (Å²) in [7, 11) is 1.64. The number of rotatable bonds is 5. The van der Waals surface area contributed by atoms with Gasteiger partial charge in [0.15, 0.2) is 5.78 Å². The normalized spacial score (nSPS) is 17.0. The van der Waals surface area contributed by atoms with E-state index in [1.165, 1.54) is 12.8 Å². The molecule has 0 bridgehead atoms. The predicted octanol–water partition coefficient (Wildman–Crippen LogP) is 3.62. The van der Waals surface area contributed by atoms with Crippen LogP contribution in [0, 0.1) is 19.8 Å². The van der Waals surface area contributed by atoms with Crippen molar-refractivity contribution in [1.29, 1.82) is 0 Å². The lowest BCUT2D eigenvalue weighted by Gasteiger charge is -2.29. The number of carbonyl (C=O) groups is 1. The molecule has 2 rings (SSSR count). The Bertz CT molecular complexity index is 502. The molecule has 1 fully saturated rings. The lowest BCUT2D eigenvalue weighted by molar-refractivity contribution is 0.0949. The maximum atomic E-state index is 12.5. The first-order chi connectivity index (χ1) is 10.0. The van der Waals surface area contributed by atoms with Crippen LogP contribution in [-0.4, -0.2) is 37.4 Å². The number of nitrogens with zero attached hydrogens (tertiary/aromatic N) is 1. The summed E-state index contributed by atoms with van der Waals surface area (Å²) in [5, 5.41) is 0. The molecule has 0 N–H and O–H groups in total. The first-order valence-corrected chi connectivity index (χ1v) is 7.92. The molecule has 1 heterocycles. The molecule has 1 aromatic rings. The van der Waals surface area contributed by atoms with E-state index in [1.54, 1.807) is 7.11 Å². The number of ketones is 1. The molecule has 0 unspecified atom stereocenters. The van der Waals surface area contributed by atoms with Gasteiger partial charge < -0.3 is 9.64 Å². The third-order valence-electron chi connectivity index (χ3n) is 4.45. The predicted molar refractivity (Wildman–Crippen MR) is 86.3 cm³/mol. The summed E-state index contributed by atoms with van der Waals surface area (Å²) >= 11 is 0. The van der Waals surface area contributed by atoms with Gasteiger partial charge in [-0.1, -0.05) is 13.0 Å². The first-order valence-electron chi connectivity index (χ1n) is 7.92. The van der Waals surface area contributed by atoms with Crippen LogP contribution < -0.4 is 4.74 Å². The lowest BCUT2D eigenvalue weighted by Crippen LogP contribution is -2.34. The molecular formula is C18H27NO2. The number of benzene rings is 1. The van der Waals surface area contributed by atoms with Crippen molar-refractivity contribution in [2.45, 2.75) is 40.0 Å². The molecule has 116 valence electrons. The van der Waals surface area contributed by atoms with Crippen molar-refractivity contribution in [2.24, 2.45) is 5.92 Å². The van der Waals surface area contributed by atoms with E-state index in [4.69, 9.17) is 4.74 Å². The van der Waals surface area contributed by atoms with Gasteiger partial charge >= 0.3 is 0 Å². The number of carbonyl (C=O) groups excluding carboxylic acids is 1. The zero-order chi connectivity index (χ0) is 15.4. The molecule has 1 aliphatic rings. The number of aryl methyl sites for hydroxylation is 2. The van der Waals surface area contributed by atoms with Gasteiger partial charge in [-0.15, -0.1) is 0 Å². The Morgan fingerprint density at radius 3 is 2.57 bits per heavy atom. The molecule has 1 aliphatic heterocycles. The fraction of sp³-hybridized carbons (Fsp3) is 0.611.